The molecule has 0 aromatic heterocycles. The fourth-order valence-electron chi connectivity index (χ4n) is 2.93. The molecule has 0 radical (unpaired) electrons. The molecule has 2 rings (SSSR count). The number of nitrogens with one attached hydrogen (secondary N) is 1. The highest BCUT2D eigenvalue weighted by atomic mass is 16.5. The standard InChI is InChI=1S/C16H23NO2/c1-13-7-6-10-16(2,11-13)17-15(18)19-12-14-8-4-3-5-9-14/h3-5,8-9,13H,6-7,10-12H2,1-2H3,(H,17,18)/t13-,16+/m1/s1. The molecule has 0 spiro atoms. The van der Waals surface area contributed by atoms with Crippen molar-refractivity contribution in [2.75, 3.05) is 0 Å². The number of hydrogen-bond acceptors (Lipinski definition) is 2. The Bertz CT molecular complexity index is 418. The van der Waals surface area contributed by atoms with Gasteiger partial charge in [0.15, 0.2) is 0 Å². The molecule has 0 unspecified atom stereocenters. The maximum Gasteiger partial charge on any atom is 0.407 e. The Morgan fingerprint density at radius 3 is 2.84 bits per heavy atom. The van der Waals surface area contributed by atoms with Gasteiger partial charge in [0, 0.05) is 5.54 Å². The predicted octanol–water partition coefficient (Wildman–Crippen LogP) is 3.88. The van der Waals surface area contributed by atoms with Crippen molar-refractivity contribution in [1.29, 1.82) is 0 Å². The number of benzene rings is 1. The molecule has 0 heterocycles. The maximum absolute atomic E-state index is 11.9. The first-order chi connectivity index (χ1) is 9.07. The zero-order chi connectivity index (χ0) is 13.7. The molecule has 1 aromatic rings. The highest BCUT2D eigenvalue weighted by Crippen LogP contribution is 2.31. The second-order valence-electron chi connectivity index (χ2n) is 5.95. The lowest BCUT2D eigenvalue weighted by molar-refractivity contribution is 0.115. The SMILES string of the molecule is C[C@@H]1CCC[C@](C)(NC(=O)OCc2ccccc2)C1. The number of hydrogen-bond donors (Lipinski definition) is 1. The van der Waals surface area contributed by atoms with Crippen molar-refractivity contribution in [2.45, 2.75) is 51.7 Å². The summed E-state index contributed by atoms with van der Waals surface area (Å²) in [5, 5.41) is 3.03. The van der Waals surface area contributed by atoms with Crippen LogP contribution in [0.25, 0.3) is 0 Å². The summed E-state index contributed by atoms with van der Waals surface area (Å²) in [6.07, 6.45) is 4.21. The number of carbonyl (C=O) groups excluding carboxylic acids is 1. The summed E-state index contributed by atoms with van der Waals surface area (Å²) in [5.41, 5.74) is 0.908. The molecule has 0 aliphatic heterocycles. The first kappa shape index (κ1) is 13.9. The van der Waals surface area contributed by atoms with Crippen molar-refractivity contribution in [3.63, 3.8) is 0 Å². The number of alkyl carbamates (subject to hydrolysis) is 1. The van der Waals surface area contributed by atoms with Gasteiger partial charge in [0.05, 0.1) is 0 Å². The molecule has 3 heteroatoms. The fourth-order valence-corrected chi connectivity index (χ4v) is 2.93. The van der Waals surface area contributed by atoms with Crippen LogP contribution < -0.4 is 5.32 Å². The van der Waals surface area contributed by atoms with E-state index in [0.717, 1.165) is 18.4 Å². The second-order valence-corrected chi connectivity index (χ2v) is 5.95. The third-order valence-electron chi connectivity index (χ3n) is 3.84. The minimum atomic E-state index is -0.305. The van der Waals surface area contributed by atoms with E-state index in [2.05, 4.69) is 19.2 Å². The molecule has 1 amide bonds. The Morgan fingerprint density at radius 2 is 2.16 bits per heavy atom. The van der Waals surface area contributed by atoms with Gasteiger partial charge in [-0.05, 0) is 31.2 Å². The van der Waals surface area contributed by atoms with Crippen LogP contribution in [0.3, 0.4) is 0 Å². The van der Waals surface area contributed by atoms with E-state index in [1.165, 1.54) is 12.8 Å². The van der Waals surface area contributed by atoms with E-state index in [-0.39, 0.29) is 11.6 Å². The molecule has 0 bridgehead atoms. The van der Waals surface area contributed by atoms with Gasteiger partial charge in [-0.3, -0.25) is 0 Å². The summed E-state index contributed by atoms with van der Waals surface area (Å²) >= 11 is 0. The van der Waals surface area contributed by atoms with Gasteiger partial charge in [0.25, 0.3) is 0 Å². The van der Waals surface area contributed by atoms with Gasteiger partial charge in [0.1, 0.15) is 6.61 Å². The summed E-state index contributed by atoms with van der Waals surface area (Å²) in [6.45, 7) is 4.69. The molecule has 1 saturated carbocycles. The molecule has 1 aliphatic rings. The summed E-state index contributed by atoms with van der Waals surface area (Å²) in [4.78, 5) is 11.9. The average molecular weight is 261 g/mol. The monoisotopic (exact) mass is 261 g/mol. The number of carbonyl (C=O) groups is 1. The van der Waals surface area contributed by atoms with Gasteiger partial charge in [-0.15, -0.1) is 0 Å². The molecule has 104 valence electrons. The zero-order valence-electron chi connectivity index (χ0n) is 11.8. The fraction of sp³-hybridized carbons (Fsp3) is 0.562. The molecule has 1 N–H and O–H groups in total. The van der Waals surface area contributed by atoms with Gasteiger partial charge in [0.2, 0.25) is 0 Å². The number of rotatable bonds is 3. The van der Waals surface area contributed by atoms with Crippen LogP contribution in [0.5, 0.6) is 0 Å². The first-order valence-electron chi connectivity index (χ1n) is 7.06. The van der Waals surface area contributed by atoms with Crippen LogP contribution in [0.15, 0.2) is 30.3 Å². The molecule has 2 atom stereocenters. The number of amides is 1. The van der Waals surface area contributed by atoms with Crippen LogP contribution >= 0.6 is 0 Å². The summed E-state index contributed by atoms with van der Waals surface area (Å²) < 4.78 is 5.28. The summed E-state index contributed by atoms with van der Waals surface area (Å²) in [5.74, 6) is 0.674. The second kappa shape index (κ2) is 6.09. The van der Waals surface area contributed by atoms with Crippen molar-refractivity contribution >= 4 is 6.09 Å². The van der Waals surface area contributed by atoms with Gasteiger partial charge in [-0.25, -0.2) is 4.79 Å². The Morgan fingerprint density at radius 1 is 1.42 bits per heavy atom. The van der Waals surface area contributed by atoms with Crippen molar-refractivity contribution in [1.82, 2.24) is 5.32 Å². The van der Waals surface area contributed by atoms with Gasteiger partial charge < -0.3 is 10.1 Å². The van der Waals surface area contributed by atoms with Gasteiger partial charge >= 0.3 is 6.09 Å². The minimum Gasteiger partial charge on any atom is -0.445 e. The van der Waals surface area contributed by atoms with E-state index in [9.17, 15) is 4.79 Å². The quantitative estimate of drug-likeness (QED) is 0.896. The smallest absolute Gasteiger partial charge is 0.407 e. The zero-order valence-corrected chi connectivity index (χ0v) is 11.8. The first-order valence-corrected chi connectivity index (χ1v) is 7.06. The largest absolute Gasteiger partial charge is 0.445 e. The van der Waals surface area contributed by atoms with Crippen LogP contribution in [0.1, 0.15) is 45.1 Å². The van der Waals surface area contributed by atoms with Crippen LogP contribution in [0.2, 0.25) is 0 Å². The predicted molar refractivity (Wildman–Crippen MR) is 75.8 cm³/mol. The molecule has 19 heavy (non-hydrogen) atoms. The van der Waals surface area contributed by atoms with Crippen LogP contribution in [0.4, 0.5) is 4.79 Å². The normalized spacial score (nSPS) is 26.7. The summed E-state index contributed by atoms with van der Waals surface area (Å²) in [6, 6.07) is 9.75. The number of ether oxygens (including phenoxy) is 1. The summed E-state index contributed by atoms with van der Waals surface area (Å²) in [7, 11) is 0. The molecule has 0 saturated heterocycles. The lowest BCUT2D eigenvalue weighted by Gasteiger charge is -2.37. The lowest BCUT2D eigenvalue weighted by Crippen LogP contribution is -2.48. The molecule has 3 nitrogen and oxygen atoms in total. The van der Waals surface area contributed by atoms with E-state index in [1.807, 2.05) is 30.3 Å². The van der Waals surface area contributed by atoms with Gasteiger partial charge in [-0.2, -0.15) is 0 Å². The third kappa shape index (κ3) is 4.27. The van der Waals surface area contributed by atoms with Crippen LogP contribution in [-0.4, -0.2) is 11.6 Å². The van der Waals surface area contributed by atoms with E-state index >= 15 is 0 Å². The Hall–Kier alpha value is -1.51. The van der Waals surface area contributed by atoms with E-state index in [1.54, 1.807) is 0 Å². The topological polar surface area (TPSA) is 38.3 Å². The van der Waals surface area contributed by atoms with Crippen molar-refractivity contribution in [3.05, 3.63) is 35.9 Å². The lowest BCUT2D eigenvalue weighted by atomic mass is 9.78. The highest BCUT2D eigenvalue weighted by molar-refractivity contribution is 5.68. The Labute approximate surface area is 115 Å². The third-order valence-corrected chi connectivity index (χ3v) is 3.84. The van der Waals surface area contributed by atoms with Crippen molar-refractivity contribution in [2.24, 2.45) is 5.92 Å². The molecule has 1 fully saturated rings. The van der Waals surface area contributed by atoms with Crippen molar-refractivity contribution < 1.29 is 9.53 Å². The highest BCUT2D eigenvalue weighted by Gasteiger charge is 2.32. The molecular formula is C16H23NO2. The van der Waals surface area contributed by atoms with E-state index in [0.29, 0.717) is 12.5 Å². The van der Waals surface area contributed by atoms with E-state index < -0.39 is 0 Å². The molecule has 1 aromatic carbocycles. The molecular weight excluding hydrogens is 238 g/mol. The molecule has 1 aliphatic carbocycles. The minimum absolute atomic E-state index is 0.106. The Balaban J connectivity index is 1.81. The maximum atomic E-state index is 11.9. The van der Waals surface area contributed by atoms with E-state index in [4.69, 9.17) is 4.74 Å². The Kier molecular flexibility index (Phi) is 4.46. The van der Waals surface area contributed by atoms with Gasteiger partial charge in [-0.1, -0.05) is 50.1 Å². The van der Waals surface area contributed by atoms with Crippen molar-refractivity contribution in [3.8, 4) is 0 Å². The average Bonchev–Trinajstić information content (AvgIpc) is 2.37. The van der Waals surface area contributed by atoms with Crippen LogP contribution in [-0.2, 0) is 11.3 Å². The van der Waals surface area contributed by atoms with Crippen LogP contribution in [0, 0.1) is 5.92 Å².